The summed E-state index contributed by atoms with van der Waals surface area (Å²) in [6, 6.07) is 0. The molecule has 0 spiro atoms. The molecule has 2 nitrogen and oxygen atoms in total. The normalized spacial score (nSPS) is 45.7. The van der Waals surface area contributed by atoms with Crippen molar-refractivity contribution in [1.29, 1.82) is 0 Å². The first-order valence-corrected chi connectivity index (χ1v) is 7.38. The number of ether oxygens (including phenoxy) is 1. The van der Waals surface area contributed by atoms with Crippen LogP contribution in [0.1, 0.15) is 52.4 Å². The molecule has 0 aromatic heterocycles. The Bertz CT molecular complexity index is 377. The standard InChI is InChI=1S/C16H24O2/c1-10(2)15(17)18-16(3)13-5-4-11-6-12(8-13)9-14(16)7-11/h11-14H,1,4-9H2,2-3H3. The number of carbonyl (C=O) groups excluding carboxylic acids is 1. The molecule has 5 unspecified atom stereocenters. The number of hydrogen-bond donors (Lipinski definition) is 0. The third-order valence-corrected chi connectivity index (χ3v) is 5.73. The Kier molecular flexibility index (Phi) is 2.80. The molecule has 4 aliphatic rings. The van der Waals surface area contributed by atoms with Crippen molar-refractivity contribution >= 4 is 5.97 Å². The Balaban J connectivity index is 1.86. The second-order valence-electron chi connectivity index (χ2n) is 7.00. The van der Waals surface area contributed by atoms with E-state index in [1.807, 2.05) is 0 Å². The first kappa shape index (κ1) is 12.3. The van der Waals surface area contributed by atoms with E-state index in [2.05, 4.69) is 13.5 Å². The SMILES string of the molecule is C=C(C)C(=O)OC1(C)C2CCC3CC(C2)CC1C3. The van der Waals surface area contributed by atoms with E-state index >= 15 is 0 Å². The van der Waals surface area contributed by atoms with Gasteiger partial charge < -0.3 is 4.74 Å². The maximum absolute atomic E-state index is 11.9. The maximum atomic E-state index is 11.9. The number of fused-ring (bicyclic) bond motifs is 1. The fourth-order valence-corrected chi connectivity index (χ4v) is 4.73. The van der Waals surface area contributed by atoms with Crippen molar-refractivity contribution in [2.45, 2.75) is 58.0 Å². The third kappa shape index (κ3) is 1.81. The summed E-state index contributed by atoms with van der Waals surface area (Å²) in [6.07, 6.45) is 7.83. The van der Waals surface area contributed by atoms with Gasteiger partial charge in [0.25, 0.3) is 0 Å². The summed E-state index contributed by atoms with van der Waals surface area (Å²) >= 11 is 0. The average molecular weight is 248 g/mol. The van der Waals surface area contributed by atoms with Gasteiger partial charge in [0.05, 0.1) is 0 Å². The van der Waals surface area contributed by atoms with Crippen LogP contribution in [0.25, 0.3) is 0 Å². The Morgan fingerprint density at radius 2 is 1.78 bits per heavy atom. The number of hydrogen-bond acceptors (Lipinski definition) is 2. The summed E-state index contributed by atoms with van der Waals surface area (Å²) in [5.41, 5.74) is 0.311. The van der Waals surface area contributed by atoms with Gasteiger partial charge in [-0.15, -0.1) is 0 Å². The minimum absolute atomic E-state index is 0.190. The van der Waals surface area contributed by atoms with Crippen LogP contribution in [0.3, 0.4) is 0 Å². The van der Waals surface area contributed by atoms with Crippen molar-refractivity contribution in [3.63, 3.8) is 0 Å². The molecule has 0 saturated heterocycles. The molecule has 0 aromatic rings. The minimum Gasteiger partial charge on any atom is -0.455 e. The van der Waals surface area contributed by atoms with E-state index in [0.717, 1.165) is 11.8 Å². The van der Waals surface area contributed by atoms with Crippen LogP contribution in [-0.2, 0) is 9.53 Å². The lowest BCUT2D eigenvalue weighted by atomic mass is 9.60. The van der Waals surface area contributed by atoms with Gasteiger partial charge in [-0.3, -0.25) is 0 Å². The zero-order valence-electron chi connectivity index (χ0n) is 11.6. The van der Waals surface area contributed by atoms with Crippen molar-refractivity contribution in [2.24, 2.45) is 23.7 Å². The molecule has 4 fully saturated rings. The molecule has 0 amide bonds. The van der Waals surface area contributed by atoms with Crippen LogP contribution in [-0.4, -0.2) is 11.6 Å². The van der Waals surface area contributed by atoms with E-state index in [4.69, 9.17) is 4.74 Å². The van der Waals surface area contributed by atoms with Gasteiger partial charge in [0.1, 0.15) is 5.60 Å². The molecule has 4 saturated carbocycles. The third-order valence-electron chi connectivity index (χ3n) is 5.73. The monoisotopic (exact) mass is 248 g/mol. The van der Waals surface area contributed by atoms with Crippen molar-refractivity contribution in [2.75, 3.05) is 0 Å². The molecule has 18 heavy (non-hydrogen) atoms. The molecule has 0 heterocycles. The molecule has 0 N–H and O–H groups in total. The van der Waals surface area contributed by atoms with Crippen molar-refractivity contribution in [3.8, 4) is 0 Å². The summed E-state index contributed by atoms with van der Waals surface area (Å²) in [6.45, 7) is 7.65. The highest BCUT2D eigenvalue weighted by Crippen LogP contribution is 2.57. The van der Waals surface area contributed by atoms with E-state index in [1.165, 1.54) is 38.5 Å². The van der Waals surface area contributed by atoms with Crippen molar-refractivity contribution in [3.05, 3.63) is 12.2 Å². The zero-order chi connectivity index (χ0) is 12.9. The molecule has 4 rings (SSSR count). The zero-order valence-corrected chi connectivity index (χ0v) is 11.6. The van der Waals surface area contributed by atoms with Crippen LogP contribution in [0.15, 0.2) is 12.2 Å². The summed E-state index contributed by atoms with van der Waals surface area (Å²) in [5.74, 6) is 2.77. The molecule has 0 aliphatic heterocycles. The lowest BCUT2D eigenvalue weighted by molar-refractivity contribution is -0.178. The predicted octanol–water partition coefficient (Wildman–Crippen LogP) is 3.71. The second-order valence-corrected chi connectivity index (χ2v) is 7.00. The summed E-state index contributed by atoms with van der Waals surface area (Å²) in [7, 11) is 0. The molecule has 0 radical (unpaired) electrons. The molecular formula is C16H24O2. The number of rotatable bonds is 2. The van der Waals surface area contributed by atoms with E-state index in [0.29, 0.717) is 17.4 Å². The Morgan fingerprint density at radius 3 is 2.50 bits per heavy atom. The van der Waals surface area contributed by atoms with Crippen LogP contribution in [0.2, 0.25) is 0 Å². The van der Waals surface area contributed by atoms with Crippen molar-refractivity contribution in [1.82, 2.24) is 0 Å². The summed E-state index contributed by atoms with van der Waals surface area (Å²) in [4.78, 5) is 11.9. The van der Waals surface area contributed by atoms with E-state index in [9.17, 15) is 4.79 Å². The fraction of sp³-hybridized carbons (Fsp3) is 0.812. The van der Waals surface area contributed by atoms with Crippen molar-refractivity contribution < 1.29 is 9.53 Å². The van der Waals surface area contributed by atoms with E-state index in [1.54, 1.807) is 6.92 Å². The van der Waals surface area contributed by atoms with Crippen LogP contribution in [0.4, 0.5) is 0 Å². The molecular weight excluding hydrogens is 224 g/mol. The Morgan fingerprint density at radius 1 is 1.11 bits per heavy atom. The highest BCUT2D eigenvalue weighted by molar-refractivity contribution is 5.87. The number of carbonyl (C=O) groups is 1. The number of esters is 1. The smallest absolute Gasteiger partial charge is 0.333 e. The van der Waals surface area contributed by atoms with Gasteiger partial charge in [0.15, 0.2) is 0 Å². The van der Waals surface area contributed by atoms with Crippen LogP contribution in [0.5, 0.6) is 0 Å². The quantitative estimate of drug-likeness (QED) is 0.550. The summed E-state index contributed by atoms with van der Waals surface area (Å²) < 4.78 is 5.92. The average Bonchev–Trinajstić information content (AvgIpc) is 2.50. The minimum atomic E-state index is -0.221. The lowest BCUT2D eigenvalue weighted by Gasteiger charge is -2.50. The first-order chi connectivity index (χ1) is 8.49. The Labute approximate surface area is 110 Å². The van der Waals surface area contributed by atoms with Gasteiger partial charge in [-0.05, 0) is 69.6 Å². The van der Waals surface area contributed by atoms with Gasteiger partial charge >= 0.3 is 5.97 Å². The first-order valence-electron chi connectivity index (χ1n) is 7.38. The molecule has 5 atom stereocenters. The molecule has 4 aliphatic carbocycles. The second kappa shape index (κ2) is 4.11. The predicted molar refractivity (Wildman–Crippen MR) is 71.0 cm³/mol. The molecule has 4 bridgehead atoms. The van der Waals surface area contributed by atoms with Gasteiger partial charge in [0, 0.05) is 5.57 Å². The van der Waals surface area contributed by atoms with Crippen LogP contribution < -0.4 is 0 Å². The van der Waals surface area contributed by atoms with Crippen LogP contribution >= 0.6 is 0 Å². The summed E-state index contributed by atoms with van der Waals surface area (Å²) in [5, 5.41) is 0. The van der Waals surface area contributed by atoms with E-state index < -0.39 is 0 Å². The van der Waals surface area contributed by atoms with Gasteiger partial charge in [-0.1, -0.05) is 13.0 Å². The molecule has 2 heteroatoms. The lowest BCUT2D eigenvalue weighted by Crippen LogP contribution is -2.51. The molecule has 0 aromatic carbocycles. The van der Waals surface area contributed by atoms with Gasteiger partial charge in [0.2, 0.25) is 0 Å². The van der Waals surface area contributed by atoms with Gasteiger partial charge in [-0.2, -0.15) is 0 Å². The van der Waals surface area contributed by atoms with Gasteiger partial charge in [-0.25, -0.2) is 4.79 Å². The Hall–Kier alpha value is -0.790. The maximum Gasteiger partial charge on any atom is 0.333 e. The fourth-order valence-electron chi connectivity index (χ4n) is 4.73. The van der Waals surface area contributed by atoms with Crippen LogP contribution in [0, 0.1) is 23.7 Å². The largest absolute Gasteiger partial charge is 0.455 e. The molecule has 100 valence electrons. The highest BCUT2D eigenvalue weighted by atomic mass is 16.6. The highest BCUT2D eigenvalue weighted by Gasteiger charge is 2.54. The topological polar surface area (TPSA) is 26.3 Å². The van der Waals surface area contributed by atoms with E-state index in [-0.39, 0.29) is 11.6 Å².